The standard InChI is InChI=1S/C32H27F3N2O2/c1-37-21-27(26-15-9-10-16-28(26)37)31(30(38)39-2,23-11-5-3-6-12-23)29(36-25-13-7-4-8-14-25)22-17-19-24(20-18-22)32(33,34)35/h3-21,29,36H,1-2H3/t29-,31+/m0/s1. The Balaban J connectivity index is 1.87. The maximum absolute atomic E-state index is 14.3. The van der Waals surface area contributed by atoms with Gasteiger partial charge in [0.15, 0.2) is 0 Å². The fraction of sp³-hybridized carbons (Fsp3) is 0.156. The second-order valence-corrected chi connectivity index (χ2v) is 9.40. The van der Waals surface area contributed by atoms with E-state index in [0.717, 1.165) is 23.0 Å². The normalized spacial score (nSPS) is 14.0. The summed E-state index contributed by atoms with van der Waals surface area (Å²) in [5.41, 5.74) is 1.17. The maximum Gasteiger partial charge on any atom is 0.416 e. The highest BCUT2D eigenvalue weighted by atomic mass is 19.4. The number of aromatic nitrogens is 1. The number of aryl methyl sites for hydroxylation is 1. The van der Waals surface area contributed by atoms with Crippen molar-refractivity contribution >= 4 is 22.6 Å². The first-order chi connectivity index (χ1) is 18.8. The molecule has 0 saturated carbocycles. The van der Waals surface area contributed by atoms with Crippen molar-refractivity contribution < 1.29 is 22.7 Å². The summed E-state index contributed by atoms with van der Waals surface area (Å²) in [6, 6.07) is 30.3. The summed E-state index contributed by atoms with van der Waals surface area (Å²) in [7, 11) is 3.23. The number of anilines is 1. The van der Waals surface area contributed by atoms with Crippen LogP contribution in [-0.2, 0) is 28.2 Å². The summed E-state index contributed by atoms with van der Waals surface area (Å²) >= 11 is 0. The summed E-state index contributed by atoms with van der Waals surface area (Å²) in [6.07, 6.45) is -2.59. The van der Waals surface area contributed by atoms with Crippen molar-refractivity contribution in [3.63, 3.8) is 0 Å². The van der Waals surface area contributed by atoms with E-state index >= 15 is 0 Å². The molecule has 0 fully saturated rings. The van der Waals surface area contributed by atoms with Crippen molar-refractivity contribution in [2.24, 2.45) is 7.05 Å². The van der Waals surface area contributed by atoms with E-state index in [4.69, 9.17) is 4.74 Å². The average Bonchev–Trinajstić information content (AvgIpc) is 3.30. The predicted octanol–water partition coefficient (Wildman–Crippen LogP) is 7.51. The van der Waals surface area contributed by atoms with Gasteiger partial charge in [0, 0.05) is 35.4 Å². The molecule has 4 nitrogen and oxygen atoms in total. The molecule has 0 aliphatic rings. The van der Waals surface area contributed by atoms with Crippen molar-refractivity contribution in [2.75, 3.05) is 12.4 Å². The number of carbonyl (C=O) groups is 1. The molecule has 0 unspecified atom stereocenters. The molecule has 2 atom stereocenters. The van der Waals surface area contributed by atoms with Crippen molar-refractivity contribution in [3.05, 3.63) is 138 Å². The Labute approximate surface area is 224 Å². The van der Waals surface area contributed by atoms with Gasteiger partial charge in [-0.1, -0.05) is 78.9 Å². The summed E-state index contributed by atoms with van der Waals surface area (Å²) in [5, 5.41) is 4.32. The number of alkyl halides is 3. The van der Waals surface area contributed by atoms with Gasteiger partial charge in [0.05, 0.1) is 18.7 Å². The third-order valence-electron chi connectivity index (χ3n) is 7.15. The number of fused-ring (bicyclic) bond motifs is 1. The molecule has 0 saturated heterocycles. The van der Waals surface area contributed by atoms with E-state index < -0.39 is 29.2 Å². The van der Waals surface area contributed by atoms with Gasteiger partial charge in [0.25, 0.3) is 0 Å². The minimum Gasteiger partial charge on any atom is -0.468 e. The number of ether oxygens (including phenoxy) is 1. The van der Waals surface area contributed by atoms with E-state index in [0.29, 0.717) is 22.4 Å². The lowest BCUT2D eigenvalue weighted by atomic mass is 9.66. The molecular formula is C32H27F3N2O2. The zero-order valence-corrected chi connectivity index (χ0v) is 21.4. The predicted molar refractivity (Wildman–Crippen MR) is 146 cm³/mol. The average molecular weight is 529 g/mol. The number of carbonyl (C=O) groups excluding carboxylic acids is 1. The molecule has 0 amide bonds. The van der Waals surface area contributed by atoms with Crippen LogP contribution in [0.2, 0.25) is 0 Å². The Kier molecular flexibility index (Phi) is 6.91. The summed E-state index contributed by atoms with van der Waals surface area (Å²) < 4.78 is 48.0. The van der Waals surface area contributed by atoms with Gasteiger partial charge in [-0.15, -0.1) is 0 Å². The van der Waals surface area contributed by atoms with Crippen LogP contribution in [0.15, 0.2) is 115 Å². The first-order valence-electron chi connectivity index (χ1n) is 12.4. The van der Waals surface area contributed by atoms with Gasteiger partial charge in [0.2, 0.25) is 0 Å². The zero-order chi connectivity index (χ0) is 27.6. The first kappa shape index (κ1) is 26.1. The third-order valence-corrected chi connectivity index (χ3v) is 7.15. The molecule has 0 radical (unpaired) electrons. The molecule has 4 aromatic carbocycles. The second kappa shape index (κ2) is 10.3. The van der Waals surface area contributed by atoms with E-state index in [9.17, 15) is 18.0 Å². The van der Waals surface area contributed by atoms with Crippen molar-refractivity contribution in [1.82, 2.24) is 4.57 Å². The van der Waals surface area contributed by atoms with Crippen LogP contribution < -0.4 is 5.32 Å². The monoisotopic (exact) mass is 528 g/mol. The fourth-order valence-corrected chi connectivity index (χ4v) is 5.35. The lowest BCUT2D eigenvalue weighted by Gasteiger charge is -2.40. The Bertz CT molecular complexity index is 1580. The van der Waals surface area contributed by atoms with Gasteiger partial charge in [-0.2, -0.15) is 13.2 Å². The Morgan fingerprint density at radius 1 is 0.795 bits per heavy atom. The van der Waals surface area contributed by atoms with Crippen molar-refractivity contribution in [3.8, 4) is 0 Å². The van der Waals surface area contributed by atoms with Crippen LogP contribution in [0, 0.1) is 0 Å². The molecular weight excluding hydrogens is 501 g/mol. The van der Waals surface area contributed by atoms with E-state index in [1.54, 1.807) is 0 Å². The van der Waals surface area contributed by atoms with Crippen LogP contribution >= 0.6 is 0 Å². The molecule has 0 spiro atoms. The van der Waals surface area contributed by atoms with Crippen molar-refractivity contribution in [1.29, 1.82) is 0 Å². The number of para-hydroxylation sites is 2. The van der Waals surface area contributed by atoms with Crippen LogP contribution in [0.5, 0.6) is 0 Å². The highest BCUT2D eigenvalue weighted by Crippen LogP contribution is 2.49. The van der Waals surface area contributed by atoms with Gasteiger partial charge >= 0.3 is 12.1 Å². The molecule has 1 N–H and O–H groups in total. The van der Waals surface area contributed by atoms with Crippen LogP contribution in [0.1, 0.15) is 28.3 Å². The Morgan fingerprint density at radius 3 is 2.00 bits per heavy atom. The van der Waals surface area contributed by atoms with Gasteiger partial charge < -0.3 is 14.6 Å². The largest absolute Gasteiger partial charge is 0.468 e. The van der Waals surface area contributed by atoms with E-state index in [2.05, 4.69) is 5.32 Å². The van der Waals surface area contributed by atoms with Crippen molar-refractivity contribution in [2.45, 2.75) is 17.6 Å². The highest BCUT2D eigenvalue weighted by Gasteiger charge is 2.52. The molecule has 0 aliphatic heterocycles. The van der Waals surface area contributed by atoms with Gasteiger partial charge in [0.1, 0.15) is 5.41 Å². The minimum atomic E-state index is -4.49. The topological polar surface area (TPSA) is 43.3 Å². The number of esters is 1. The van der Waals surface area contributed by atoms with Crippen LogP contribution in [-0.4, -0.2) is 17.6 Å². The molecule has 5 aromatic rings. The van der Waals surface area contributed by atoms with E-state index in [1.165, 1.54) is 19.2 Å². The SMILES string of the molecule is COC(=O)[C@](c1ccccc1)(c1cn(C)c2ccccc12)[C@@H](Nc1ccccc1)c1ccc(C(F)(F)F)cc1. The smallest absolute Gasteiger partial charge is 0.416 e. The number of hydrogen-bond acceptors (Lipinski definition) is 3. The molecule has 5 rings (SSSR count). The molecule has 198 valence electrons. The summed E-state index contributed by atoms with van der Waals surface area (Å²) in [5.74, 6) is -0.543. The quantitative estimate of drug-likeness (QED) is 0.222. The first-order valence-corrected chi connectivity index (χ1v) is 12.4. The van der Waals surface area contributed by atoms with Gasteiger partial charge in [-0.25, -0.2) is 0 Å². The molecule has 1 heterocycles. The van der Waals surface area contributed by atoms with Gasteiger partial charge in [-0.05, 0) is 41.5 Å². The molecule has 0 aliphatic carbocycles. The number of nitrogens with one attached hydrogen (secondary N) is 1. The number of benzene rings is 4. The minimum absolute atomic E-state index is 0.494. The molecule has 0 bridgehead atoms. The number of hydrogen-bond donors (Lipinski definition) is 1. The number of halogens is 3. The molecule has 7 heteroatoms. The Hall–Kier alpha value is -4.52. The fourth-order valence-electron chi connectivity index (χ4n) is 5.35. The molecule has 1 aromatic heterocycles. The van der Waals surface area contributed by atoms with Crippen LogP contribution in [0.3, 0.4) is 0 Å². The highest BCUT2D eigenvalue weighted by molar-refractivity contribution is 5.97. The van der Waals surface area contributed by atoms with Crippen LogP contribution in [0.4, 0.5) is 18.9 Å². The third kappa shape index (κ3) is 4.65. The number of methoxy groups -OCH3 is 1. The second-order valence-electron chi connectivity index (χ2n) is 9.40. The summed E-state index contributed by atoms with van der Waals surface area (Å²) in [6.45, 7) is 0. The Morgan fingerprint density at radius 2 is 1.38 bits per heavy atom. The lowest BCUT2D eigenvalue weighted by molar-refractivity contribution is -0.146. The van der Waals surface area contributed by atoms with E-state index in [1.807, 2.05) is 103 Å². The lowest BCUT2D eigenvalue weighted by Crippen LogP contribution is -2.47. The van der Waals surface area contributed by atoms with Gasteiger partial charge in [-0.3, -0.25) is 4.79 Å². The summed E-state index contributed by atoms with van der Waals surface area (Å²) in [4.78, 5) is 14.3. The van der Waals surface area contributed by atoms with E-state index in [-0.39, 0.29) is 0 Å². The zero-order valence-electron chi connectivity index (χ0n) is 21.4. The van der Waals surface area contributed by atoms with Crippen LogP contribution in [0.25, 0.3) is 10.9 Å². The number of nitrogens with zero attached hydrogens (tertiary/aromatic N) is 1. The maximum atomic E-state index is 14.3. The number of rotatable bonds is 7. The molecule has 39 heavy (non-hydrogen) atoms.